The van der Waals surface area contributed by atoms with Crippen LogP contribution in [0, 0.1) is 0 Å². The van der Waals surface area contributed by atoms with Gasteiger partial charge in [-0.2, -0.15) is 0 Å². The minimum absolute atomic E-state index is 1.27. The van der Waals surface area contributed by atoms with Gasteiger partial charge in [-0.05, 0) is 29.0 Å². The molecule has 2 nitrogen and oxygen atoms in total. The third kappa shape index (κ3) is 1.69. The van der Waals surface area contributed by atoms with E-state index in [1.807, 2.05) is 0 Å². The van der Waals surface area contributed by atoms with E-state index in [9.17, 15) is 0 Å². The molecule has 3 heterocycles. The number of aromatic nitrogens is 2. The summed E-state index contributed by atoms with van der Waals surface area (Å²) < 4.78 is 4.89. The quantitative estimate of drug-likeness (QED) is 0.250. The van der Waals surface area contributed by atoms with E-state index in [1.54, 1.807) is 0 Å². The van der Waals surface area contributed by atoms with E-state index in [4.69, 9.17) is 0 Å². The molecule has 31 heavy (non-hydrogen) atoms. The van der Waals surface area contributed by atoms with Crippen molar-refractivity contribution >= 4 is 70.7 Å². The molecule has 2 heteroatoms. The number of hydrogen-bond donors (Lipinski definition) is 0. The summed E-state index contributed by atoms with van der Waals surface area (Å²) in [6.45, 7) is 0. The molecule has 0 saturated heterocycles. The van der Waals surface area contributed by atoms with E-state index in [0.29, 0.717) is 0 Å². The fourth-order valence-electron chi connectivity index (χ4n) is 6.00. The van der Waals surface area contributed by atoms with Crippen molar-refractivity contribution in [3.63, 3.8) is 0 Å². The fourth-order valence-corrected chi connectivity index (χ4v) is 6.00. The lowest BCUT2D eigenvalue weighted by Crippen LogP contribution is -1.91. The summed E-state index contributed by atoms with van der Waals surface area (Å²) in [6, 6.07) is 33.5. The first kappa shape index (κ1) is 15.8. The van der Waals surface area contributed by atoms with Crippen LogP contribution < -0.4 is 0 Å². The molecule has 3 aromatic heterocycles. The molecule has 0 aliphatic rings. The van der Waals surface area contributed by atoms with E-state index in [2.05, 4.69) is 107 Å². The maximum Gasteiger partial charge on any atom is 0.0619 e. The Balaban J connectivity index is 1.93. The average Bonchev–Trinajstić information content (AvgIpc) is 3.27. The van der Waals surface area contributed by atoms with Crippen molar-refractivity contribution in [1.29, 1.82) is 0 Å². The Kier molecular flexibility index (Phi) is 2.62. The van der Waals surface area contributed by atoms with E-state index in [1.165, 1.54) is 70.7 Å². The summed E-state index contributed by atoms with van der Waals surface area (Å²) >= 11 is 0. The van der Waals surface area contributed by atoms with Gasteiger partial charge in [0.25, 0.3) is 0 Å². The molecule has 0 unspecified atom stereocenters. The third-order valence-electron chi connectivity index (χ3n) is 7.22. The van der Waals surface area contributed by atoms with Crippen molar-refractivity contribution in [2.24, 2.45) is 7.05 Å². The maximum absolute atomic E-state index is 2.51. The Labute approximate surface area is 177 Å². The number of nitrogens with zero attached hydrogens (tertiary/aromatic N) is 2. The smallest absolute Gasteiger partial charge is 0.0619 e. The molecule has 0 aliphatic carbocycles. The SMILES string of the molecule is Cn1c2cccc3c4cccc5c6ccccc6n(c6cc7ccccc7c1c6c32)c45. The predicted octanol–water partition coefficient (Wildman–Crippen LogP) is 7.63. The average molecular weight is 394 g/mol. The number of hydrogen-bond acceptors (Lipinski definition) is 0. The lowest BCUT2D eigenvalue weighted by Gasteiger charge is -2.07. The summed E-state index contributed by atoms with van der Waals surface area (Å²) in [5.41, 5.74) is 6.47. The van der Waals surface area contributed by atoms with E-state index in [-0.39, 0.29) is 0 Å². The zero-order valence-corrected chi connectivity index (χ0v) is 17.1. The van der Waals surface area contributed by atoms with Gasteiger partial charge in [-0.3, -0.25) is 0 Å². The molecule has 0 radical (unpaired) electrons. The molecule has 0 saturated carbocycles. The number of rotatable bonds is 0. The second-order valence-corrected chi connectivity index (χ2v) is 8.65. The minimum Gasteiger partial charge on any atom is -0.343 e. The minimum atomic E-state index is 1.27. The number of benzene rings is 5. The molecule has 5 aromatic carbocycles. The lowest BCUT2D eigenvalue weighted by molar-refractivity contribution is 1.02. The molecule has 0 atom stereocenters. The zero-order valence-electron chi connectivity index (χ0n) is 17.1. The van der Waals surface area contributed by atoms with Gasteiger partial charge < -0.3 is 8.97 Å². The molecular formula is C29H18N2. The Morgan fingerprint density at radius 3 is 2.03 bits per heavy atom. The van der Waals surface area contributed by atoms with E-state index in [0.717, 1.165) is 0 Å². The van der Waals surface area contributed by atoms with Crippen molar-refractivity contribution < 1.29 is 0 Å². The van der Waals surface area contributed by atoms with Gasteiger partial charge in [-0.25, -0.2) is 0 Å². The number of para-hydroxylation sites is 2. The van der Waals surface area contributed by atoms with Crippen LogP contribution in [-0.2, 0) is 7.05 Å². The largest absolute Gasteiger partial charge is 0.343 e. The van der Waals surface area contributed by atoms with Gasteiger partial charge in [0.15, 0.2) is 0 Å². The van der Waals surface area contributed by atoms with Crippen molar-refractivity contribution in [2.45, 2.75) is 0 Å². The Bertz CT molecular complexity index is 2000. The van der Waals surface area contributed by atoms with Crippen molar-refractivity contribution in [3.05, 3.63) is 91.0 Å². The first-order valence-electron chi connectivity index (χ1n) is 10.8. The van der Waals surface area contributed by atoms with Crippen LogP contribution in [0.3, 0.4) is 0 Å². The molecule has 8 rings (SSSR count). The summed E-state index contributed by atoms with van der Waals surface area (Å²) in [5.74, 6) is 0. The Hall–Kier alpha value is -4.04. The van der Waals surface area contributed by atoms with E-state index < -0.39 is 0 Å². The fraction of sp³-hybridized carbons (Fsp3) is 0.0345. The summed E-state index contributed by atoms with van der Waals surface area (Å²) in [6.07, 6.45) is 0. The van der Waals surface area contributed by atoms with Gasteiger partial charge in [0.2, 0.25) is 0 Å². The van der Waals surface area contributed by atoms with Crippen LogP contribution in [0.2, 0.25) is 0 Å². The van der Waals surface area contributed by atoms with E-state index >= 15 is 0 Å². The van der Waals surface area contributed by atoms with Gasteiger partial charge in [-0.1, -0.05) is 72.8 Å². The summed E-state index contributed by atoms with van der Waals surface area (Å²) in [4.78, 5) is 0. The summed E-state index contributed by atoms with van der Waals surface area (Å²) in [7, 11) is 2.21. The highest BCUT2D eigenvalue weighted by atomic mass is 15.0. The predicted molar refractivity (Wildman–Crippen MR) is 133 cm³/mol. The third-order valence-corrected chi connectivity index (χ3v) is 7.22. The molecule has 0 spiro atoms. The first-order valence-corrected chi connectivity index (χ1v) is 10.8. The normalized spacial score (nSPS) is 12.7. The molecular weight excluding hydrogens is 376 g/mol. The highest BCUT2D eigenvalue weighted by Crippen LogP contribution is 2.44. The van der Waals surface area contributed by atoms with Gasteiger partial charge in [-0.15, -0.1) is 0 Å². The second kappa shape index (κ2) is 5.16. The van der Waals surface area contributed by atoms with Crippen LogP contribution in [0.1, 0.15) is 0 Å². The van der Waals surface area contributed by atoms with Crippen LogP contribution in [0.25, 0.3) is 70.7 Å². The van der Waals surface area contributed by atoms with Crippen molar-refractivity contribution in [2.75, 3.05) is 0 Å². The molecule has 8 aromatic rings. The molecule has 0 aliphatic heterocycles. The number of aryl methyl sites for hydroxylation is 1. The van der Waals surface area contributed by atoms with Crippen molar-refractivity contribution in [3.8, 4) is 0 Å². The lowest BCUT2D eigenvalue weighted by atomic mass is 10.0. The summed E-state index contributed by atoms with van der Waals surface area (Å²) in [5, 5.41) is 10.6. The van der Waals surface area contributed by atoms with Crippen LogP contribution in [0.15, 0.2) is 91.0 Å². The monoisotopic (exact) mass is 394 g/mol. The topological polar surface area (TPSA) is 9.34 Å². The Morgan fingerprint density at radius 1 is 0.484 bits per heavy atom. The van der Waals surface area contributed by atoms with Gasteiger partial charge in [0.1, 0.15) is 0 Å². The van der Waals surface area contributed by atoms with Crippen LogP contribution in [0.5, 0.6) is 0 Å². The van der Waals surface area contributed by atoms with Gasteiger partial charge in [0, 0.05) is 44.9 Å². The standard InChI is InChI=1S/C29H18N2/c1-30-24-15-7-11-20-22-13-6-12-21-19-10-4-5-14-23(19)31(28(21)22)25-16-17-8-2-3-9-18(17)29(30)27(25)26(20)24/h2-16H,1H3. The zero-order chi connectivity index (χ0) is 20.3. The number of fused-ring (bicyclic) bond motifs is 7. The maximum atomic E-state index is 2.51. The highest BCUT2D eigenvalue weighted by Gasteiger charge is 2.21. The van der Waals surface area contributed by atoms with Gasteiger partial charge in [0.05, 0.1) is 22.1 Å². The highest BCUT2D eigenvalue weighted by molar-refractivity contribution is 6.34. The van der Waals surface area contributed by atoms with Crippen LogP contribution >= 0.6 is 0 Å². The second-order valence-electron chi connectivity index (χ2n) is 8.65. The van der Waals surface area contributed by atoms with Crippen LogP contribution in [0.4, 0.5) is 0 Å². The first-order chi connectivity index (χ1) is 15.3. The molecule has 0 fully saturated rings. The van der Waals surface area contributed by atoms with Crippen molar-refractivity contribution in [1.82, 2.24) is 8.97 Å². The van der Waals surface area contributed by atoms with Crippen LogP contribution in [-0.4, -0.2) is 8.97 Å². The molecule has 0 amide bonds. The van der Waals surface area contributed by atoms with Gasteiger partial charge >= 0.3 is 0 Å². The molecule has 0 bridgehead atoms. The molecule has 144 valence electrons. The molecule has 0 N–H and O–H groups in total. The Morgan fingerprint density at radius 2 is 1.13 bits per heavy atom.